The first-order chi connectivity index (χ1) is 9.22. The van der Waals surface area contributed by atoms with Gasteiger partial charge in [-0.3, -0.25) is 4.68 Å². The average Bonchev–Trinajstić information content (AvgIpc) is 2.85. The molecule has 20 heavy (non-hydrogen) atoms. The number of hydrogen-bond acceptors (Lipinski definition) is 3. The van der Waals surface area contributed by atoms with Crippen LogP contribution in [0.25, 0.3) is 11.3 Å². The Hall–Kier alpha value is -1.08. The standard InChI is InChI=1S/C12H11ClF3N3S/c1-6-17-9-7-5-19(2)18-10(7)11(13,12(14,15)16)4-3-8(9)20-6/h5H,3-4H2,1-2H3. The van der Waals surface area contributed by atoms with E-state index >= 15 is 0 Å². The van der Waals surface area contributed by atoms with Gasteiger partial charge in [0.2, 0.25) is 0 Å². The summed E-state index contributed by atoms with van der Waals surface area (Å²) < 4.78 is 41.6. The van der Waals surface area contributed by atoms with Gasteiger partial charge < -0.3 is 0 Å². The van der Waals surface area contributed by atoms with E-state index in [1.807, 2.05) is 6.92 Å². The number of halogens is 4. The van der Waals surface area contributed by atoms with Crippen LogP contribution in [-0.2, 0) is 18.3 Å². The van der Waals surface area contributed by atoms with Crippen LogP contribution in [0.2, 0.25) is 0 Å². The van der Waals surface area contributed by atoms with Gasteiger partial charge in [0, 0.05) is 23.7 Å². The van der Waals surface area contributed by atoms with Gasteiger partial charge in [0.15, 0.2) is 4.87 Å². The maximum atomic E-state index is 13.4. The van der Waals surface area contributed by atoms with Gasteiger partial charge in [-0.2, -0.15) is 18.3 Å². The molecule has 1 aliphatic rings. The van der Waals surface area contributed by atoms with Crippen molar-refractivity contribution < 1.29 is 13.2 Å². The number of hydrogen-bond donors (Lipinski definition) is 0. The zero-order valence-corrected chi connectivity index (χ0v) is 12.3. The van der Waals surface area contributed by atoms with Gasteiger partial charge in [-0.15, -0.1) is 22.9 Å². The third kappa shape index (κ3) is 1.87. The van der Waals surface area contributed by atoms with Gasteiger partial charge in [-0.05, 0) is 19.8 Å². The largest absolute Gasteiger partial charge is 0.413 e. The van der Waals surface area contributed by atoms with Crippen LogP contribution < -0.4 is 0 Å². The van der Waals surface area contributed by atoms with Gasteiger partial charge in [-0.25, -0.2) is 4.98 Å². The van der Waals surface area contributed by atoms with Gasteiger partial charge in [0.05, 0.1) is 10.7 Å². The Labute approximate surface area is 122 Å². The van der Waals surface area contributed by atoms with Crippen LogP contribution in [-0.4, -0.2) is 20.9 Å². The molecular weight excluding hydrogens is 311 g/mol. The van der Waals surface area contributed by atoms with Crippen LogP contribution in [0, 0.1) is 6.92 Å². The van der Waals surface area contributed by atoms with E-state index in [4.69, 9.17) is 11.6 Å². The summed E-state index contributed by atoms with van der Waals surface area (Å²) in [5, 5.41) is 4.80. The molecule has 1 atom stereocenters. The molecule has 0 aromatic carbocycles. The number of rotatable bonds is 0. The lowest BCUT2D eigenvalue weighted by Gasteiger charge is -2.27. The van der Waals surface area contributed by atoms with Crippen molar-refractivity contribution in [3.63, 3.8) is 0 Å². The van der Waals surface area contributed by atoms with Crippen molar-refractivity contribution in [2.24, 2.45) is 7.05 Å². The van der Waals surface area contributed by atoms with Crippen molar-refractivity contribution in [2.45, 2.75) is 30.8 Å². The molecule has 2 aromatic heterocycles. The third-order valence-electron chi connectivity index (χ3n) is 3.41. The SMILES string of the molecule is Cc1nc2c(s1)CCC(Cl)(C(F)(F)F)c1nn(C)cc1-2. The molecule has 0 saturated carbocycles. The Bertz CT molecular complexity index is 676. The Kier molecular flexibility index (Phi) is 2.92. The number of fused-ring (bicyclic) bond motifs is 3. The van der Waals surface area contributed by atoms with E-state index in [2.05, 4.69) is 10.1 Å². The lowest BCUT2D eigenvalue weighted by Crippen LogP contribution is -2.38. The summed E-state index contributed by atoms with van der Waals surface area (Å²) >= 11 is 7.38. The fourth-order valence-corrected chi connectivity index (χ4v) is 3.67. The molecule has 0 N–H and O–H groups in total. The van der Waals surface area contributed by atoms with Crippen molar-refractivity contribution in [2.75, 3.05) is 0 Å². The molecule has 0 radical (unpaired) electrons. The number of aryl methyl sites for hydroxylation is 3. The molecule has 3 rings (SSSR count). The molecule has 1 aliphatic carbocycles. The Morgan fingerprint density at radius 3 is 2.80 bits per heavy atom. The second kappa shape index (κ2) is 4.21. The van der Waals surface area contributed by atoms with E-state index in [9.17, 15) is 13.2 Å². The predicted octanol–water partition coefficient (Wildman–Crippen LogP) is 3.79. The molecule has 3 nitrogen and oxygen atoms in total. The van der Waals surface area contributed by atoms with Gasteiger partial charge >= 0.3 is 6.18 Å². The summed E-state index contributed by atoms with van der Waals surface area (Å²) in [4.78, 5) is 2.74. The first kappa shape index (κ1) is 13.9. The lowest BCUT2D eigenvalue weighted by atomic mass is 9.97. The van der Waals surface area contributed by atoms with Crippen LogP contribution in [0.15, 0.2) is 6.20 Å². The van der Waals surface area contributed by atoms with Crippen LogP contribution in [0.5, 0.6) is 0 Å². The molecule has 1 unspecified atom stereocenters. The summed E-state index contributed by atoms with van der Waals surface area (Å²) in [6.07, 6.45) is -2.97. The monoisotopic (exact) mass is 321 g/mol. The molecular formula is C12H11ClF3N3S. The lowest BCUT2D eigenvalue weighted by molar-refractivity contribution is -0.167. The highest BCUT2D eigenvalue weighted by molar-refractivity contribution is 7.12. The first-order valence-corrected chi connectivity index (χ1v) is 7.18. The maximum absolute atomic E-state index is 13.4. The second-order valence-electron chi connectivity index (χ2n) is 4.87. The average molecular weight is 322 g/mol. The van der Waals surface area contributed by atoms with Gasteiger partial charge in [0.1, 0.15) is 5.69 Å². The minimum Gasteiger partial charge on any atom is -0.275 e. The highest BCUT2D eigenvalue weighted by atomic mass is 35.5. The van der Waals surface area contributed by atoms with Gasteiger partial charge in [-0.1, -0.05) is 0 Å². The molecule has 108 valence electrons. The van der Waals surface area contributed by atoms with E-state index in [0.717, 1.165) is 9.88 Å². The van der Waals surface area contributed by atoms with Crippen LogP contribution in [0.3, 0.4) is 0 Å². The van der Waals surface area contributed by atoms with Crippen molar-refractivity contribution >= 4 is 22.9 Å². The molecule has 0 aliphatic heterocycles. The summed E-state index contributed by atoms with van der Waals surface area (Å²) in [5.41, 5.74) is 0.831. The zero-order chi connectivity index (χ0) is 14.7. The molecule has 2 aromatic rings. The zero-order valence-electron chi connectivity index (χ0n) is 10.8. The number of nitrogens with zero attached hydrogens (tertiary/aromatic N) is 3. The highest BCUT2D eigenvalue weighted by Gasteiger charge is 2.58. The summed E-state index contributed by atoms with van der Waals surface area (Å²) in [6, 6.07) is 0. The maximum Gasteiger partial charge on any atom is 0.413 e. The Morgan fingerprint density at radius 1 is 1.45 bits per heavy atom. The Balaban J connectivity index is 2.28. The highest BCUT2D eigenvalue weighted by Crippen LogP contribution is 2.52. The predicted molar refractivity (Wildman–Crippen MR) is 71.0 cm³/mol. The molecule has 0 amide bonds. The minimum absolute atomic E-state index is 0.141. The van der Waals surface area contributed by atoms with E-state index in [1.54, 1.807) is 13.2 Å². The molecule has 8 heteroatoms. The number of thiazole rings is 1. The van der Waals surface area contributed by atoms with Crippen molar-refractivity contribution in [1.82, 2.24) is 14.8 Å². The molecule has 0 fully saturated rings. The smallest absolute Gasteiger partial charge is 0.275 e. The summed E-state index contributed by atoms with van der Waals surface area (Å²) in [6.45, 7) is 1.84. The van der Waals surface area contributed by atoms with Gasteiger partial charge in [0.25, 0.3) is 0 Å². The Morgan fingerprint density at radius 2 is 2.15 bits per heavy atom. The fraction of sp³-hybridized carbons (Fsp3) is 0.500. The molecule has 0 bridgehead atoms. The van der Waals surface area contributed by atoms with E-state index in [0.29, 0.717) is 11.3 Å². The quantitative estimate of drug-likeness (QED) is 0.691. The fourth-order valence-electron chi connectivity index (χ4n) is 2.48. The topological polar surface area (TPSA) is 30.7 Å². The minimum atomic E-state index is -4.55. The van der Waals surface area contributed by atoms with Crippen LogP contribution >= 0.6 is 22.9 Å². The van der Waals surface area contributed by atoms with Crippen molar-refractivity contribution in [1.29, 1.82) is 0 Å². The third-order valence-corrected chi connectivity index (χ3v) is 5.02. The second-order valence-corrected chi connectivity index (χ2v) is 6.80. The van der Waals surface area contributed by atoms with Crippen LogP contribution in [0.1, 0.15) is 22.0 Å². The van der Waals surface area contributed by atoms with Crippen molar-refractivity contribution in [3.8, 4) is 11.3 Å². The van der Waals surface area contributed by atoms with Crippen LogP contribution in [0.4, 0.5) is 13.2 Å². The first-order valence-electron chi connectivity index (χ1n) is 5.99. The number of alkyl halides is 4. The molecule has 0 saturated heterocycles. The molecule has 2 heterocycles. The summed E-state index contributed by atoms with van der Waals surface area (Å²) in [5.74, 6) is 0. The molecule has 0 spiro atoms. The van der Waals surface area contributed by atoms with E-state index in [-0.39, 0.29) is 18.5 Å². The number of aromatic nitrogens is 3. The van der Waals surface area contributed by atoms with E-state index in [1.165, 1.54) is 16.0 Å². The van der Waals surface area contributed by atoms with E-state index < -0.39 is 11.1 Å². The van der Waals surface area contributed by atoms with Crippen molar-refractivity contribution in [3.05, 3.63) is 21.8 Å². The normalized spacial score (nSPS) is 22.3. The summed E-state index contributed by atoms with van der Waals surface area (Å²) in [7, 11) is 1.58.